The third kappa shape index (κ3) is 5.81. The van der Waals surface area contributed by atoms with Crippen LogP contribution in [-0.2, 0) is 16.0 Å². The van der Waals surface area contributed by atoms with Crippen molar-refractivity contribution in [2.75, 3.05) is 26.0 Å². The summed E-state index contributed by atoms with van der Waals surface area (Å²) >= 11 is 1.57. The molecule has 0 fully saturated rings. The Kier molecular flexibility index (Phi) is 8.02. The number of hydrogen-bond acceptors (Lipinski definition) is 5. The van der Waals surface area contributed by atoms with Gasteiger partial charge in [-0.3, -0.25) is 4.79 Å². The van der Waals surface area contributed by atoms with Crippen LogP contribution < -0.4 is 10.1 Å². The van der Waals surface area contributed by atoms with Crippen molar-refractivity contribution in [2.24, 2.45) is 0 Å². The summed E-state index contributed by atoms with van der Waals surface area (Å²) in [4.78, 5) is 25.0. The van der Waals surface area contributed by atoms with E-state index in [9.17, 15) is 9.59 Å². The Morgan fingerprint density at radius 3 is 2.58 bits per heavy atom. The summed E-state index contributed by atoms with van der Waals surface area (Å²) in [5.41, 5.74) is 1.50. The second-order valence-corrected chi connectivity index (χ2v) is 6.72. The fraction of sp³-hybridized carbons (Fsp3) is 0.300. The molecule has 0 radical (unpaired) electrons. The molecule has 1 amide bonds. The Bertz CT molecular complexity index is 748. The number of amides is 1. The lowest BCUT2D eigenvalue weighted by atomic mass is 10.1. The molecule has 2 aromatic rings. The standard InChI is InChI=1S/C20H23NO4S/c1-3-26-18-11-7-5-9-16(18)20(23)25-14-19(22)21-13-12-15-8-4-6-10-17(15)24-2/h4-11H,3,12-14H2,1-2H3,(H,21,22). The summed E-state index contributed by atoms with van der Waals surface area (Å²) in [6.45, 7) is 2.16. The van der Waals surface area contributed by atoms with E-state index in [-0.39, 0.29) is 12.5 Å². The van der Waals surface area contributed by atoms with Crippen molar-refractivity contribution in [3.63, 3.8) is 0 Å². The molecule has 0 saturated heterocycles. The van der Waals surface area contributed by atoms with Gasteiger partial charge in [0.25, 0.3) is 5.91 Å². The number of methoxy groups -OCH3 is 1. The van der Waals surface area contributed by atoms with Gasteiger partial charge in [-0.25, -0.2) is 4.79 Å². The molecule has 0 spiro atoms. The molecule has 0 saturated carbocycles. The van der Waals surface area contributed by atoms with E-state index in [2.05, 4.69) is 5.32 Å². The monoisotopic (exact) mass is 373 g/mol. The van der Waals surface area contributed by atoms with Crippen molar-refractivity contribution in [1.82, 2.24) is 5.32 Å². The van der Waals surface area contributed by atoms with Gasteiger partial charge >= 0.3 is 5.97 Å². The zero-order chi connectivity index (χ0) is 18.8. The van der Waals surface area contributed by atoms with Gasteiger partial charge in [0.05, 0.1) is 12.7 Å². The highest BCUT2D eigenvalue weighted by atomic mass is 32.2. The first kappa shape index (κ1) is 19.8. The highest BCUT2D eigenvalue weighted by Gasteiger charge is 2.14. The molecule has 1 N–H and O–H groups in total. The molecule has 138 valence electrons. The summed E-state index contributed by atoms with van der Waals surface area (Å²) in [5.74, 6) is 0.835. The molecule has 0 bridgehead atoms. The number of nitrogens with one attached hydrogen (secondary N) is 1. The van der Waals surface area contributed by atoms with Crippen LogP contribution >= 0.6 is 11.8 Å². The lowest BCUT2D eigenvalue weighted by Crippen LogP contribution is -2.30. The van der Waals surface area contributed by atoms with Gasteiger partial charge in [0, 0.05) is 11.4 Å². The van der Waals surface area contributed by atoms with Crippen LogP contribution in [0.3, 0.4) is 0 Å². The van der Waals surface area contributed by atoms with Crippen LogP contribution in [0.5, 0.6) is 5.75 Å². The highest BCUT2D eigenvalue weighted by molar-refractivity contribution is 7.99. The lowest BCUT2D eigenvalue weighted by molar-refractivity contribution is -0.124. The van der Waals surface area contributed by atoms with Crippen LogP contribution in [-0.4, -0.2) is 37.9 Å². The van der Waals surface area contributed by atoms with E-state index in [1.54, 1.807) is 31.0 Å². The third-order valence-electron chi connectivity index (χ3n) is 3.65. The normalized spacial score (nSPS) is 10.2. The first-order chi connectivity index (χ1) is 12.7. The molecule has 0 aliphatic carbocycles. The van der Waals surface area contributed by atoms with Crippen LogP contribution in [0.1, 0.15) is 22.8 Å². The van der Waals surface area contributed by atoms with Gasteiger partial charge in [0.1, 0.15) is 5.75 Å². The Hall–Kier alpha value is -2.47. The van der Waals surface area contributed by atoms with Crippen molar-refractivity contribution in [3.8, 4) is 5.75 Å². The van der Waals surface area contributed by atoms with Crippen molar-refractivity contribution in [1.29, 1.82) is 0 Å². The quantitative estimate of drug-likeness (QED) is 0.540. The van der Waals surface area contributed by atoms with Crippen LogP contribution in [0, 0.1) is 0 Å². The number of ether oxygens (including phenoxy) is 2. The van der Waals surface area contributed by atoms with E-state index in [4.69, 9.17) is 9.47 Å². The number of benzene rings is 2. The number of carbonyl (C=O) groups is 2. The first-order valence-electron chi connectivity index (χ1n) is 8.43. The second kappa shape index (κ2) is 10.5. The van der Waals surface area contributed by atoms with E-state index >= 15 is 0 Å². The number of para-hydroxylation sites is 1. The molecule has 2 rings (SSSR count). The predicted octanol–water partition coefficient (Wildman–Crippen LogP) is 3.32. The topological polar surface area (TPSA) is 64.6 Å². The van der Waals surface area contributed by atoms with Crippen LogP contribution in [0.4, 0.5) is 0 Å². The lowest BCUT2D eigenvalue weighted by Gasteiger charge is -2.10. The largest absolute Gasteiger partial charge is 0.496 e. The van der Waals surface area contributed by atoms with Crippen molar-refractivity contribution >= 4 is 23.6 Å². The van der Waals surface area contributed by atoms with E-state index < -0.39 is 5.97 Å². The number of carbonyl (C=O) groups excluding carboxylic acids is 2. The Balaban J connectivity index is 1.79. The molecule has 0 atom stereocenters. The van der Waals surface area contributed by atoms with E-state index in [0.717, 1.165) is 22.0 Å². The molecule has 0 aliphatic heterocycles. The molecule has 6 heteroatoms. The van der Waals surface area contributed by atoms with Crippen molar-refractivity contribution in [2.45, 2.75) is 18.2 Å². The van der Waals surface area contributed by atoms with Crippen LogP contribution in [0.15, 0.2) is 53.4 Å². The first-order valence-corrected chi connectivity index (χ1v) is 9.41. The van der Waals surface area contributed by atoms with E-state index in [0.29, 0.717) is 18.5 Å². The van der Waals surface area contributed by atoms with Gasteiger partial charge in [-0.1, -0.05) is 37.3 Å². The number of esters is 1. The molecule has 5 nitrogen and oxygen atoms in total. The smallest absolute Gasteiger partial charge is 0.339 e. The highest BCUT2D eigenvalue weighted by Crippen LogP contribution is 2.22. The third-order valence-corrected chi connectivity index (χ3v) is 4.61. The molecule has 0 aliphatic rings. The summed E-state index contributed by atoms with van der Waals surface area (Å²) in [6, 6.07) is 14.9. The average Bonchev–Trinajstić information content (AvgIpc) is 2.67. The molecule has 0 aromatic heterocycles. The predicted molar refractivity (Wildman–Crippen MR) is 103 cm³/mol. The Labute approximate surface area is 158 Å². The Morgan fingerprint density at radius 1 is 1.08 bits per heavy atom. The molecule has 0 heterocycles. The van der Waals surface area contributed by atoms with E-state index in [1.807, 2.05) is 43.3 Å². The minimum Gasteiger partial charge on any atom is -0.496 e. The van der Waals surface area contributed by atoms with Gasteiger partial charge in [-0.15, -0.1) is 11.8 Å². The molecule has 26 heavy (non-hydrogen) atoms. The maximum absolute atomic E-state index is 12.2. The number of rotatable bonds is 9. The van der Waals surface area contributed by atoms with Gasteiger partial charge in [-0.2, -0.15) is 0 Å². The fourth-order valence-electron chi connectivity index (χ4n) is 2.42. The van der Waals surface area contributed by atoms with Crippen molar-refractivity contribution in [3.05, 3.63) is 59.7 Å². The average molecular weight is 373 g/mol. The maximum atomic E-state index is 12.2. The summed E-state index contributed by atoms with van der Waals surface area (Å²) in [6.07, 6.45) is 0.639. The molecular weight excluding hydrogens is 350 g/mol. The zero-order valence-electron chi connectivity index (χ0n) is 15.0. The van der Waals surface area contributed by atoms with Gasteiger partial charge in [0.2, 0.25) is 0 Å². The van der Waals surface area contributed by atoms with Gasteiger partial charge < -0.3 is 14.8 Å². The van der Waals surface area contributed by atoms with Crippen molar-refractivity contribution < 1.29 is 19.1 Å². The summed E-state index contributed by atoms with van der Waals surface area (Å²) in [5, 5.41) is 2.75. The minimum atomic E-state index is -0.485. The molecule has 0 unspecified atom stereocenters. The molecular formula is C20H23NO4S. The summed E-state index contributed by atoms with van der Waals surface area (Å²) < 4.78 is 10.4. The van der Waals surface area contributed by atoms with Crippen LogP contribution in [0.2, 0.25) is 0 Å². The van der Waals surface area contributed by atoms with Gasteiger partial charge in [0.15, 0.2) is 6.61 Å². The number of hydrogen-bond donors (Lipinski definition) is 1. The minimum absolute atomic E-state index is 0.296. The molecule has 2 aromatic carbocycles. The van der Waals surface area contributed by atoms with Crippen LogP contribution in [0.25, 0.3) is 0 Å². The SMILES string of the molecule is CCSc1ccccc1C(=O)OCC(=O)NCCc1ccccc1OC. The maximum Gasteiger partial charge on any atom is 0.339 e. The zero-order valence-corrected chi connectivity index (χ0v) is 15.8. The Morgan fingerprint density at radius 2 is 1.81 bits per heavy atom. The second-order valence-electron chi connectivity index (χ2n) is 5.42. The fourth-order valence-corrected chi connectivity index (χ4v) is 3.22. The van der Waals surface area contributed by atoms with E-state index in [1.165, 1.54) is 0 Å². The number of thioether (sulfide) groups is 1. The summed E-state index contributed by atoms with van der Waals surface area (Å²) in [7, 11) is 1.62. The van der Waals surface area contributed by atoms with Gasteiger partial charge in [-0.05, 0) is 35.9 Å².